The van der Waals surface area contributed by atoms with Crippen LogP contribution in [0.25, 0.3) is 11.6 Å². The van der Waals surface area contributed by atoms with Gasteiger partial charge >= 0.3 is 0 Å². The maximum atomic E-state index is 5.90. The SMILES string of the molecule is CN=C(NCCc1noc(-c2ccccn2)n1)N1CCOC(c2cnn(C)c2)C1.I. The Morgan fingerprint density at radius 1 is 1.37 bits per heavy atom. The summed E-state index contributed by atoms with van der Waals surface area (Å²) >= 11 is 0. The molecule has 10 nitrogen and oxygen atoms in total. The molecule has 11 heteroatoms. The summed E-state index contributed by atoms with van der Waals surface area (Å²) in [7, 11) is 3.69. The summed E-state index contributed by atoms with van der Waals surface area (Å²) in [5.74, 6) is 1.89. The molecule has 3 aromatic rings. The quantitative estimate of drug-likeness (QED) is 0.305. The summed E-state index contributed by atoms with van der Waals surface area (Å²) < 4.78 is 13.0. The topological polar surface area (TPSA) is 106 Å². The van der Waals surface area contributed by atoms with Crippen LogP contribution in [-0.4, -0.2) is 69.1 Å². The highest BCUT2D eigenvalue weighted by Gasteiger charge is 2.25. The number of hydrogen-bond acceptors (Lipinski definition) is 7. The van der Waals surface area contributed by atoms with Crippen molar-refractivity contribution in [1.29, 1.82) is 0 Å². The van der Waals surface area contributed by atoms with Crippen LogP contribution in [0.5, 0.6) is 0 Å². The van der Waals surface area contributed by atoms with Crippen LogP contribution in [0.4, 0.5) is 0 Å². The Morgan fingerprint density at radius 2 is 2.27 bits per heavy atom. The number of rotatable bonds is 5. The average molecular weight is 524 g/mol. The standard InChI is InChI=1S/C19H24N8O2.HI/c1-20-19(27-9-10-28-16(13-27)14-11-23-26(2)12-14)22-8-6-17-24-18(29-25-17)15-5-3-4-7-21-15;/h3-5,7,11-12,16H,6,8-10,13H2,1-2H3,(H,20,22);1H. The summed E-state index contributed by atoms with van der Waals surface area (Å²) in [6, 6.07) is 5.58. The van der Waals surface area contributed by atoms with Gasteiger partial charge in [0, 0.05) is 51.6 Å². The Kier molecular flexibility index (Phi) is 7.74. The van der Waals surface area contributed by atoms with Gasteiger partial charge in [-0.1, -0.05) is 11.2 Å². The molecule has 0 spiro atoms. The minimum absolute atomic E-state index is 0. The lowest BCUT2D eigenvalue weighted by Crippen LogP contribution is -2.48. The first-order valence-electron chi connectivity index (χ1n) is 9.52. The van der Waals surface area contributed by atoms with Crippen LogP contribution in [0.1, 0.15) is 17.5 Å². The minimum atomic E-state index is -0.0193. The van der Waals surface area contributed by atoms with Crippen LogP contribution in [0.2, 0.25) is 0 Å². The van der Waals surface area contributed by atoms with Gasteiger partial charge in [-0.15, -0.1) is 24.0 Å². The van der Waals surface area contributed by atoms with Crippen LogP contribution in [-0.2, 0) is 18.2 Å². The molecule has 4 rings (SSSR count). The Morgan fingerprint density at radius 3 is 3.00 bits per heavy atom. The van der Waals surface area contributed by atoms with Gasteiger partial charge in [0.05, 0.1) is 19.3 Å². The first-order valence-corrected chi connectivity index (χ1v) is 9.52. The van der Waals surface area contributed by atoms with Crippen molar-refractivity contribution in [3.8, 4) is 11.6 Å². The van der Waals surface area contributed by atoms with Gasteiger partial charge in [-0.2, -0.15) is 10.1 Å². The van der Waals surface area contributed by atoms with Crippen LogP contribution >= 0.6 is 24.0 Å². The maximum Gasteiger partial charge on any atom is 0.276 e. The first-order chi connectivity index (χ1) is 14.2. The first kappa shape index (κ1) is 22.2. The van der Waals surface area contributed by atoms with E-state index >= 15 is 0 Å². The molecule has 30 heavy (non-hydrogen) atoms. The fourth-order valence-corrected chi connectivity index (χ4v) is 3.22. The van der Waals surface area contributed by atoms with Crippen molar-refractivity contribution in [2.45, 2.75) is 12.5 Å². The molecule has 0 amide bonds. The maximum absolute atomic E-state index is 5.90. The van der Waals surface area contributed by atoms with Gasteiger partial charge in [-0.05, 0) is 12.1 Å². The van der Waals surface area contributed by atoms with Crippen molar-refractivity contribution in [3.63, 3.8) is 0 Å². The Labute approximate surface area is 191 Å². The summed E-state index contributed by atoms with van der Waals surface area (Å²) in [4.78, 5) is 15.2. The number of guanidine groups is 1. The smallest absolute Gasteiger partial charge is 0.276 e. The van der Waals surface area contributed by atoms with Crippen molar-refractivity contribution in [1.82, 2.24) is 35.1 Å². The van der Waals surface area contributed by atoms with Crippen LogP contribution in [0.15, 0.2) is 46.3 Å². The molecule has 0 aromatic carbocycles. The van der Waals surface area contributed by atoms with E-state index in [0.717, 1.165) is 24.6 Å². The number of morpholine rings is 1. The molecule has 0 aliphatic carbocycles. The van der Waals surface area contributed by atoms with Gasteiger partial charge < -0.3 is 19.5 Å². The highest BCUT2D eigenvalue weighted by atomic mass is 127. The zero-order valence-electron chi connectivity index (χ0n) is 16.9. The number of aromatic nitrogens is 5. The molecule has 1 N–H and O–H groups in total. The zero-order valence-corrected chi connectivity index (χ0v) is 19.3. The second kappa shape index (κ2) is 10.5. The molecule has 3 aromatic heterocycles. The number of pyridine rings is 1. The third-order valence-corrected chi connectivity index (χ3v) is 4.66. The molecule has 0 bridgehead atoms. The lowest BCUT2D eigenvalue weighted by atomic mass is 10.1. The molecule has 1 aliphatic rings. The van der Waals surface area contributed by atoms with Gasteiger partial charge in [-0.25, -0.2) is 0 Å². The second-order valence-corrected chi connectivity index (χ2v) is 6.71. The summed E-state index contributed by atoms with van der Waals surface area (Å²) in [5, 5.41) is 11.6. The molecule has 0 radical (unpaired) electrons. The predicted molar refractivity (Wildman–Crippen MR) is 121 cm³/mol. The van der Waals surface area contributed by atoms with Crippen molar-refractivity contribution in [2.24, 2.45) is 12.0 Å². The van der Waals surface area contributed by atoms with E-state index in [1.807, 2.05) is 37.6 Å². The van der Waals surface area contributed by atoms with Crippen molar-refractivity contribution in [2.75, 3.05) is 33.3 Å². The fraction of sp³-hybridized carbons (Fsp3) is 0.421. The lowest BCUT2D eigenvalue weighted by Gasteiger charge is -2.34. The number of aliphatic imine (C=N–C) groups is 1. The highest BCUT2D eigenvalue weighted by molar-refractivity contribution is 14.0. The van der Waals surface area contributed by atoms with E-state index in [1.165, 1.54) is 0 Å². The number of nitrogens with one attached hydrogen (secondary N) is 1. The molecule has 4 heterocycles. The summed E-state index contributed by atoms with van der Waals surface area (Å²) in [5.41, 5.74) is 1.74. The van der Waals surface area contributed by atoms with Crippen LogP contribution < -0.4 is 5.32 Å². The third-order valence-electron chi connectivity index (χ3n) is 4.66. The number of aryl methyl sites for hydroxylation is 1. The number of ether oxygens (including phenoxy) is 1. The Bertz CT molecular complexity index is 958. The van der Waals surface area contributed by atoms with E-state index in [-0.39, 0.29) is 30.1 Å². The number of hydrogen-bond donors (Lipinski definition) is 1. The summed E-state index contributed by atoms with van der Waals surface area (Å²) in [6.07, 6.45) is 6.13. The van der Waals surface area contributed by atoms with E-state index in [2.05, 4.69) is 35.4 Å². The summed E-state index contributed by atoms with van der Waals surface area (Å²) in [6.45, 7) is 2.78. The van der Waals surface area contributed by atoms with Gasteiger partial charge in [0.15, 0.2) is 11.8 Å². The fourth-order valence-electron chi connectivity index (χ4n) is 3.22. The number of halogens is 1. The van der Waals surface area contributed by atoms with Crippen molar-refractivity contribution in [3.05, 3.63) is 48.2 Å². The normalized spacial score (nSPS) is 16.9. The van der Waals surface area contributed by atoms with Gasteiger partial charge in [0.25, 0.3) is 5.89 Å². The molecule has 1 saturated heterocycles. The third kappa shape index (κ3) is 5.33. The zero-order chi connectivity index (χ0) is 20.1. The molecule has 1 unspecified atom stereocenters. The monoisotopic (exact) mass is 524 g/mol. The second-order valence-electron chi connectivity index (χ2n) is 6.71. The molecule has 1 fully saturated rings. The lowest BCUT2D eigenvalue weighted by molar-refractivity contribution is -0.00801. The van der Waals surface area contributed by atoms with Gasteiger partial charge in [0.2, 0.25) is 0 Å². The van der Waals surface area contributed by atoms with Crippen LogP contribution in [0.3, 0.4) is 0 Å². The molecular formula is C19H25IN8O2. The molecule has 0 saturated carbocycles. The van der Waals surface area contributed by atoms with Gasteiger partial charge in [-0.3, -0.25) is 14.7 Å². The molecule has 1 aliphatic heterocycles. The molecule has 1 atom stereocenters. The number of nitrogens with zero attached hydrogens (tertiary/aromatic N) is 7. The Hall–Kier alpha value is -2.54. The van der Waals surface area contributed by atoms with E-state index in [0.29, 0.717) is 37.0 Å². The highest BCUT2D eigenvalue weighted by Crippen LogP contribution is 2.21. The van der Waals surface area contributed by atoms with E-state index in [9.17, 15) is 0 Å². The van der Waals surface area contributed by atoms with E-state index in [4.69, 9.17) is 9.26 Å². The van der Waals surface area contributed by atoms with E-state index in [1.54, 1.807) is 17.9 Å². The van der Waals surface area contributed by atoms with Crippen molar-refractivity contribution < 1.29 is 9.26 Å². The average Bonchev–Trinajstić information content (AvgIpc) is 3.41. The van der Waals surface area contributed by atoms with E-state index < -0.39 is 0 Å². The predicted octanol–water partition coefficient (Wildman–Crippen LogP) is 1.67. The molecular weight excluding hydrogens is 499 g/mol. The van der Waals surface area contributed by atoms with Gasteiger partial charge in [0.1, 0.15) is 11.8 Å². The minimum Gasteiger partial charge on any atom is -0.370 e. The molecule has 160 valence electrons. The van der Waals surface area contributed by atoms with Crippen LogP contribution in [0, 0.1) is 0 Å². The largest absolute Gasteiger partial charge is 0.370 e. The van der Waals surface area contributed by atoms with Crippen molar-refractivity contribution >= 4 is 29.9 Å². The Balaban J connectivity index is 0.00000256.